The first kappa shape index (κ1) is 16.7. The predicted molar refractivity (Wildman–Crippen MR) is 83.1 cm³/mol. The number of benzene rings is 1. The summed E-state index contributed by atoms with van der Waals surface area (Å²) in [7, 11) is -7.65. The van der Waals surface area contributed by atoms with Crippen LogP contribution in [0.4, 0.5) is 0 Å². The van der Waals surface area contributed by atoms with Crippen molar-refractivity contribution in [2.75, 3.05) is 5.75 Å². The Morgan fingerprint density at radius 1 is 1.09 bits per heavy atom. The molecule has 1 amide bonds. The maximum Gasteiger partial charge on any atom is 0.273 e. The van der Waals surface area contributed by atoms with Crippen LogP contribution in [0.15, 0.2) is 50.9 Å². The fourth-order valence-electron chi connectivity index (χ4n) is 1.72. The Labute approximate surface area is 132 Å². The molecule has 6 nitrogen and oxygen atoms in total. The molecule has 0 bridgehead atoms. The lowest BCUT2D eigenvalue weighted by Gasteiger charge is -2.09. The Bertz CT molecular complexity index is 884. The molecule has 0 fully saturated rings. The summed E-state index contributed by atoms with van der Waals surface area (Å²) in [5.74, 6) is -1.16. The van der Waals surface area contributed by atoms with E-state index >= 15 is 0 Å². The molecule has 0 radical (unpaired) electrons. The van der Waals surface area contributed by atoms with Crippen molar-refractivity contribution in [2.24, 2.45) is 0 Å². The van der Waals surface area contributed by atoms with Gasteiger partial charge in [-0.05, 0) is 23.6 Å². The molecule has 118 valence electrons. The van der Waals surface area contributed by atoms with Crippen LogP contribution < -0.4 is 4.72 Å². The Morgan fingerprint density at radius 2 is 1.77 bits per heavy atom. The second-order valence-corrected chi connectivity index (χ2v) is 9.37. The van der Waals surface area contributed by atoms with Gasteiger partial charge in [-0.25, -0.2) is 21.6 Å². The highest BCUT2D eigenvalue weighted by Gasteiger charge is 2.25. The molecular weight excluding hydrogens is 346 g/mol. The molecule has 0 saturated heterocycles. The molecule has 0 aliphatic carbocycles. The largest absolute Gasteiger partial charge is 0.273 e. The molecule has 22 heavy (non-hydrogen) atoms. The number of carbonyl (C=O) groups excluding carboxylic acids is 1. The topological polar surface area (TPSA) is 97.4 Å². The number of carbonyl (C=O) groups is 1. The molecule has 1 aromatic carbocycles. The number of rotatable bonds is 5. The molecule has 1 heterocycles. The average Bonchev–Trinajstić information content (AvgIpc) is 3.02. The molecule has 1 N–H and O–H groups in total. The minimum atomic E-state index is -4.01. The fourth-order valence-corrected chi connectivity index (χ4v) is 4.78. The van der Waals surface area contributed by atoms with Crippen LogP contribution in [0.5, 0.6) is 0 Å². The Morgan fingerprint density at radius 3 is 2.36 bits per heavy atom. The van der Waals surface area contributed by atoms with Gasteiger partial charge < -0.3 is 0 Å². The maximum atomic E-state index is 12.2. The van der Waals surface area contributed by atoms with E-state index in [1.807, 2.05) is 4.72 Å². The van der Waals surface area contributed by atoms with E-state index in [4.69, 9.17) is 0 Å². The summed E-state index contributed by atoms with van der Waals surface area (Å²) in [5, 5.41) is 1.56. The monoisotopic (exact) mass is 359 g/mol. The summed E-state index contributed by atoms with van der Waals surface area (Å²) >= 11 is 0.960. The maximum absolute atomic E-state index is 12.2. The third-order valence-corrected chi connectivity index (χ3v) is 7.35. The van der Waals surface area contributed by atoms with E-state index in [1.165, 1.54) is 37.3 Å². The van der Waals surface area contributed by atoms with Gasteiger partial charge in [-0.15, -0.1) is 11.3 Å². The van der Waals surface area contributed by atoms with E-state index < -0.39 is 25.8 Å². The van der Waals surface area contributed by atoms with Crippen LogP contribution in [0.1, 0.15) is 17.3 Å². The SMILES string of the molecule is CCS(=O)(=O)c1ccccc1C(=O)NS(=O)(=O)c1cccs1. The average molecular weight is 359 g/mol. The van der Waals surface area contributed by atoms with E-state index in [-0.39, 0.29) is 20.4 Å². The lowest BCUT2D eigenvalue weighted by atomic mass is 10.2. The van der Waals surface area contributed by atoms with Crippen molar-refractivity contribution in [3.63, 3.8) is 0 Å². The van der Waals surface area contributed by atoms with Crippen molar-refractivity contribution in [1.82, 2.24) is 4.72 Å². The molecule has 2 aromatic rings. The van der Waals surface area contributed by atoms with Gasteiger partial charge in [-0.2, -0.15) is 0 Å². The van der Waals surface area contributed by atoms with Gasteiger partial charge in [-0.1, -0.05) is 25.1 Å². The van der Waals surface area contributed by atoms with E-state index in [1.54, 1.807) is 11.4 Å². The number of thiophene rings is 1. The van der Waals surface area contributed by atoms with Gasteiger partial charge in [0.2, 0.25) is 0 Å². The van der Waals surface area contributed by atoms with E-state index in [9.17, 15) is 21.6 Å². The zero-order valence-electron chi connectivity index (χ0n) is 11.5. The van der Waals surface area contributed by atoms with E-state index in [0.717, 1.165) is 11.3 Å². The van der Waals surface area contributed by atoms with Gasteiger partial charge in [0.05, 0.1) is 16.2 Å². The third-order valence-electron chi connectivity index (χ3n) is 2.83. The highest BCUT2D eigenvalue weighted by molar-refractivity contribution is 7.92. The first-order valence-corrected chi connectivity index (χ1v) is 10.2. The normalized spacial score (nSPS) is 12.0. The van der Waals surface area contributed by atoms with Crippen molar-refractivity contribution in [3.05, 3.63) is 47.3 Å². The van der Waals surface area contributed by atoms with Crippen molar-refractivity contribution in [2.45, 2.75) is 16.0 Å². The summed E-state index contributed by atoms with van der Waals surface area (Å²) in [5.41, 5.74) is -0.190. The van der Waals surface area contributed by atoms with Crippen molar-refractivity contribution in [1.29, 1.82) is 0 Å². The first-order chi connectivity index (χ1) is 10.3. The predicted octanol–water partition coefficient (Wildman–Crippen LogP) is 1.66. The van der Waals surface area contributed by atoms with Gasteiger partial charge in [0.25, 0.3) is 15.9 Å². The van der Waals surface area contributed by atoms with Gasteiger partial charge >= 0.3 is 0 Å². The van der Waals surface area contributed by atoms with Crippen LogP contribution in [0, 0.1) is 0 Å². The highest BCUT2D eigenvalue weighted by Crippen LogP contribution is 2.19. The number of sulfone groups is 1. The number of hydrogen-bond donors (Lipinski definition) is 1. The number of amides is 1. The van der Waals surface area contributed by atoms with Crippen molar-refractivity contribution in [3.8, 4) is 0 Å². The number of sulfonamides is 1. The zero-order chi connectivity index (χ0) is 16.4. The molecule has 0 atom stereocenters. The smallest absolute Gasteiger partial charge is 0.268 e. The molecule has 0 aliphatic rings. The number of nitrogens with one attached hydrogen (secondary N) is 1. The highest BCUT2D eigenvalue weighted by atomic mass is 32.2. The summed E-state index contributed by atoms with van der Waals surface area (Å²) in [6, 6.07) is 8.41. The Hall–Kier alpha value is -1.71. The second-order valence-electron chi connectivity index (χ2n) is 4.27. The summed E-state index contributed by atoms with van der Waals surface area (Å²) < 4.78 is 49.9. The molecule has 0 aliphatic heterocycles. The zero-order valence-corrected chi connectivity index (χ0v) is 14.0. The summed E-state index contributed by atoms with van der Waals surface area (Å²) in [4.78, 5) is 12.0. The lowest BCUT2D eigenvalue weighted by Crippen LogP contribution is -2.31. The van der Waals surface area contributed by atoms with Crippen LogP contribution >= 0.6 is 11.3 Å². The minimum Gasteiger partial charge on any atom is -0.268 e. The van der Waals surface area contributed by atoms with Gasteiger partial charge in [-0.3, -0.25) is 4.79 Å². The van der Waals surface area contributed by atoms with Crippen LogP contribution in [-0.2, 0) is 19.9 Å². The summed E-state index contributed by atoms with van der Waals surface area (Å²) in [6.07, 6.45) is 0. The quantitative estimate of drug-likeness (QED) is 0.875. The minimum absolute atomic E-state index is 0.0170. The Kier molecular flexibility index (Phi) is 4.69. The molecule has 2 rings (SSSR count). The van der Waals surface area contributed by atoms with Crippen LogP contribution in [0.3, 0.4) is 0 Å². The van der Waals surface area contributed by atoms with Gasteiger partial charge in [0.1, 0.15) is 4.21 Å². The first-order valence-electron chi connectivity index (χ1n) is 6.20. The van der Waals surface area contributed by atoms with E-state index in [2.05, 4.69) is 0 Å². The van der Waals surface area contributed by atoms with Crippen molar-refractivity contribution >= 4 is 37.1 Å². The van der Waals surface area contributed by atoms with Crippen LogP contribution in [0.2, 0.25) is 0 Å². The van der Waals surface area contributed by atoms with Gasteiger partial charge in [0, 0.05) is 0 Å². The van der Waals surface area contributed by atoms with E-state index in [0.29, 0.717) is 0 Å². The number of hydrogen-bond acceptors (Lipinski definition) is 6. The molecule has 1 aromatic heterocycles. The second kappa shape index (κ2) is 6.19. The standard InChI is InChI=1S/C13H13NO5S3/c1-2-21(16,17)11-7-4-3-6-10(11)13(15)14-22(18,19)12-8-5-9-20-12/h3-9H,2H2,1H3,(H,14,15). The fraction of sp³-hybridized carbons (Fsp3) is 0.154. The molecule has 0 unspecified atom stereocenters. The Balaban J connectivity index is 2.40. The molecule has 0 saturated carbocycles. The molecule has 9 heteroatoms. The molecular formula is C13H13NO5S3. The third kappa shape index (κ3) is 3.37. The summed E-state index contributed by atoms with van der Waals surface area (Å²) in [6.45, 7) is 1.45. The van der Waals surface area contributed by atoms with Crippen LogP contribution in [0.25, 0.3) is 0 Å². The van der Waals surface area contributed by atoms with Crippen LogP contribution in [-0.4, -0.2) is 28.5 Å². The van der Waals surface area contributed by atoms with Gasteiger partial charge in [0.15, 0.2) is 9.84 Å². The lowest BCUT2D eigenvalue weighted by molar-refractivity contribution is 0.0978. The molecule has 0 spiro atoms. The van der Waals surface area contributed by atoms with Crippen molar-refractivity contribution < 1.29 is 21.6 Å².